The summed E-state index contributed by atoms with van der Waals surface area (Å²) in [6.07, 6.45) is 4.66. The number of hydrogen-bond acceptors (Lipinski definition) is 4. The molecule has 5 nitrogen and oxygen atoms in total. The third kappa shape index (κ3) is 3.69. The molecule has 1 atom stereocenters. The zero-order chi connectivity index (χ0) is 16.9. The van der Waals surface area contributed by atoms with Gasteiger partial charge in [0, 0.05) is 18.3 Å². The molecule has 1 fully saturated rings. The standard InChI is InChI=1S/C18H21FN4O/c1-2-15-5-3-4-12-23(15)17-11-10-16(21-22-17)18(24)20-14-8-6-13(19)7-9-14/h6-11,15H,2-5,12H2,1H3,(H,20,24). The van der Waals surface area contributed by atoms with Crippen molar-refractivity contribution in [2.24, 2.45) is 0 Å². The molecule has 1 aliphatic rings. The second-order valence-corrected chi connectivity index (χ2v) is 5.99. The Labute approximate surface area is 140 Å². The lowest BCUT2D eigenvalue weighted by atomic mass is 10.0. The predicted octanol–water partition coefficient (Wildman–Crippen LogP) is 3.64. The largest absolute Gasteiger partial charge is 0.352 e. The summed E-state index contributed by atoms with van der Waals surface area (Å²) in [6, 6.07) is 9.63. The number of amides is 1. The summed E-state index contributed by atoms with van der Waals surface area (Å²) in [7, 11) is 0. The first-order chi connectivity index (χ1) is 11.7. The third-order valence-electron chi connectivity index (χ3n) is 4.38. The van der Waals surface area contributed by atoms with Crippen LogP contribution in [0, 0.1) is 5.82 Å². The number of piperidine rings is 1. The molecular formula is C18H21FN4O. The van der Waals surface area contributed by atoms with Gasteiger partial charge in [-0.15, -0.1) is 10.2 Å². The Morgan fingerprint density at radius 3 is 2.67 bits per heavy atom. The number of nitrogens with one attached hydrogen (secondary N) is 1. The molecule has 1 aromatic carbocycles. The molecule has 0 radical (unpaired) electrons. The Morgan fingerprint density at radius 2 is 2.00 bits per heavy atom. The number of hydrogen-bond donors (Lipinski definition) is 1. The Bertz CT molecular complexity index is 687. The van der Waals surface area contributed by atoms with Crippen LogP contribution in [0.2, 0.25) is 0 Å². The molecule has 1 aliphatic heterocycles. The second-order valence-electron chi connectivity index (χ2n) is 5.99. The first-order valence-corrected chi connectivity index (χ1v) is 8.34. The Morgan fingerprint density at radius 1 is 1.21 bits per heavy atom. The van der Waals surface area contributed by atoms with Gasteiger partial charge in [-0.3, -0.25) is 4.79 Å². The van der Waals surface area contributed by atoms with Gasteiger partial charge in [-0.1, -0.05) is 6.92 Å². The average Bonchev–Trinajstić information content (AvgIpc) is 2.63. The molecule has 126 valence electrons. The maximum atomic E-state index is 12.9. The number of rotatable bonds is 4. The highest BCUT2D eigenvalue weighted by Crippen LogP contribution is 2.24. The van der Waals surface area contributed by atoms with Gasteiger partial charge in [0.2, 0.25) is 0 Å². The lowest BCUT2D eigenvalue weighted by Gasteiger charge is -2.35. The number of aromatic nitrogens is 2. The van der Waals surface area contributed by atoms with E-state index in [9.17, 15) is 9.18 Å². The monoisotopic (exact) mass is 328 g/mol. The predicted molar refractivity (Wildman–Crippen MR) is 91.7 cm³/mol. The summed E-state index contributed by atoms with van der Waals surface area (Å²) in [5.74, 6) is 0.121. The maximum absolute atomic E-state index is 12.9. The lowest BCUT2D eigenvalue weighted by Crippen LogP contribution is -2.39. The van der Waals surface area contributed by atoms with Gasteiger partial charge in [-0.05, 0) is 62.1 Å². The van der Waals surface area contributed by atoms with Crippen molar-refractivity contribution in [2.45, 2.75) is 38.6 Å². The summed E-state index contributed by atoms with van der Waals surface area (Å²) in [4.78, 5) is 14.5. The minimum absolute atomic E-state index is 0.244. The van der Waals surface area contributed by atoms with Gasteiger partial charge in [0.25, 0.3) is 5.91 Å². The maximum Gasteiger partial charge on any atom is 0.276 e. The molecule has 0 aliphatic carbocycles. The fourth-order valence-corrected chi connectivity index (χ4v) is 3.05. The minimum Gasteiger partial charge on any atom is -0.352 e. The quantitative estimate of drug-likeness (QED) is 0.931. The molecular weight excluding hydrogens is 307 g/mol. The van der Waals surface area contributed by atoms with Crippen LogP contribution in [0.25, 0.3) is 0 Å². The first-order valence-electron chi connectivity index (χ1n) is 8.34. The fraction of sp³-hybridized carbons (Fsp3) is 0.389. The Balaban J connectivity index is 1.69. The van der Waals surface area contributed by atoms with Crippen LogP contribution in [0.1, 0.15) is 43.1 Å². The van der Waals surface area contributed by atoms with Crippen LogP contribution in [0.4, 0.5) is 15.9 Å². The van der Waals surface area contributed by atoms with Crippen LogP contribution in [0.5, 0.6) is 0 Å². The van der Waals surface area contributed by atoms with Crippen LogP contribution in [0.3, 0.4) is 0 Å². The fourth-order valence-electron chi connectivity index (χ4n) is 3.05. The van der Waals surface area contributed by atoms with E-state index in [1.165, 1.54) is 37.1 Å². The van der Waals surface area contributed by atoms with Gasteiger partial charge >= 0.3 is 0 Å². The van der Waals surface area contributed by atoms with Gasteiger partial charge in [0.15, 0.2) is 11.5 Å². The average molecular weight is 328 g/mol. The molecule has 0 bridgehead atoms. The van der Waals surface area contributed by atoms with E-state index in [4.69, 9.17) is 0 Å². The number of nitrogens with zero attached hydrogens (tertiary/aromatic N) is 3. The smallest absolute Gasteiger partial charge is 0.276 e. The molecule has 3 rings (SSSR count). The zero-order valence-corrected chi connectivity index (χ0v) is 13.7. The van der Waals surface area contributed by atoms with Gasteiger partial charge in [-0.25, -0.2) is 4.39 Å². The van der Waals surface area contributed by atoms with E-state index in [1.807, 2.05) is 6.07 Å². The summed E-state index contributed by atoms with van der Waals surface area (Å²) in [6.45, 7) is 3.16. The third-order valence-corrected chi connectivity index (χ3v) is 4.38. The van der Waals surface area contributed by atoms with Crippen molar-refractivity contribution >= 4 is 17.4 Å². The molecule has 0 spiro atoms. The molecule has 2 heterocycles. The minimum atomic E-state index is -0.355. The van der Waals surface area contributed by atoms with E-state index in [0.29, 0.717) is 11.7 Å². The van der Waals surface area contributed by atoms with E-state index in [2.05, 4.69) is 27.3 Å². The van der Waals surface area contributed by atoms with Gasteiger partial charge < -0.3 is 10.2 Å². The van der Waals surface area contributed by atoms with Crippen LogP contribution < -0.4 is 10.2 Å². The SMILES string of the molecule is CCC1CCCCN1c1ccc(C(=O)Nc2ccc(F)cc2)nn1. The van der Waals surface area contributed by atoms with Crippen LogP contribution >= 0.6 is 0 Å². The number of anilines is 2. The number of carbonyl (C=O) groups is 1. The van der Waals surface area contributed by atoms with Gasteiger partial charge in [-0.2, -0.15) is 0 Å². The van der Waals surface area contributed by atoms with E-state index in [-0.39, 0.29) is 17.4 Å². The van der Waals surface area contributed by atoms with E-state index in [0.717, 1.165) is 25.2 Å². The summed E-state index contributed by atoms with van der Waals surface area (Å²) in [5, 5.41) is 11.0. The summed E-state index contributed by atoms with van der Waals surface area (Å²) in [5.41, 5.74) is 0.766. The van der Waals surface area contributed by atoms with Crippen molar-refractivity contribution in [1.29, 1.82) is 0 Å². The van der Waals surface area contributed by atoms with E-state index < -0.39 is 0 Å². The normalized spacial score (nSPS) is 17.6. The van der Waals surface area contributed by atoms with Crippen molar-refractivity contribution in [3.63, 3.8) is 0 Å². The van der Waals surface area contributed by atoms with Crippen molar-refractivity contribution in [3.05, 3.63) is 47.9 Å². The zero-order valence-electron chi connectivity index (χ0n) is 13.7. The van der Waals surface area contributed by atoms with Crippen molar-refractivity contribution in [2.75, 3.05) is 16.8 Å². The Kier molecular flexibility index (Phi) is 5.03. The molecule has 0 saturated carbocycles. The summed E-state index contributed by atoms with van der Waals surface area (Å²) >= 11 is 0. The van der Waals surface area contributed by atoms with Gasteiger partial charge in [0.1, 0.15) is 5.82 Å². The lowest BCUT2D eigenvalue weighted by molar-refractivity contribution is 0.102. The van der Waals surface area contributed by atoms with E-state index >= 15 is 0 Å². The molecule has 1 saturated heterocycles. The molecule has 1 aromatic heterocycles. The molecule has 6 heteroatoms. The van der Waals surface area contributed by atoms with Crippen molar-refractivity contribution in [3.8, 4) is 0 Å². The highest BCUT2D eigenvalue weighted by molar-refractivity contribution is 6.02. The molecule has 24 heavy (non-hydrogen) atoms. The molecule has 1 unspecified atom stereocenters. The van der Waals surface area contributed by atoms with Crippen molar-refractivity contribution in [1.82, 2.24) is 10.2 Å². The molecule has 2 aromatic rings. The van der Waals surface area contributed by atoms with Crippen LogP contribution in [0.15, 0.2) is 36.4 Å². The topological polar surface area (TPSA) is 58.1 Å². The van der Waals surface area contributed by atoms with Crippen LogP contribution in [-0.2, 0) is 0 Å². The van der Waals surface area contributed by atoms with Crippen molar-refractivity contribution < 1.29 is 9.18 Å². The highest BCUT2D eigenvalue weighted by Gasteiger charge is 2.22. The molecule has 1 N–H and O–H groups in total. The Hall–Kier alpha value is -2.50. The van der Waals surface area contributed by atoms with E-state index in [1.54, 1.807) is 6.07 Å². The van der Waals surface area contributed by atoms with Crippen LogP contribution in [-0.4, -0.2) is 28.7 Å². The number of halogens is 1. The van der Waals surface area contributed by atoms with Gasteiger partial charge in [0.05, 0.1) is 0 Å². The number of carbonyl (C=O) groups excluding carboxylic acids is 1. The highest BCUT2D eigenvalue weighted by atomic mass is 19.1. The second kappa shape index (κ2) is 7.38. The first kappa shape index (κ1) is 16.4. The summed E-state index contributed by atoms with van der Waals surface area (Å²) < 4.78 is 12.9. The number of benzene rings is 1. The molecule has 1 amide bonds.